The molecular weight excluding hydrogens is 409 g/mol. The summed E-state index contributed by atoms with van der Waals surface area (Å²) in [5, 5.41) is 11.1. The molecule has 0 aliphatic carbocycles. The van der Waals surface area contributed by atoms with Crippen LogP contribution in [0.25, 0.3) is 0 Å². The highest BCUT2D eigenvalue weighted by atomic mass is 32.2. The lowest BCUT2D eigenvalue weighted by Crippen LogP contribution is -2.24. The summed E-state index contributed by atoms with van der Waals surface area (Å²) in [6, 6.07) is 13.4. The van der Waals surface area contributed by atoms with E-state index in [9.17, 15) is 9.18 Å². The molecule has 4 aromatic rings. The first-order valence-corrected chi connectivity index (χ1v) is 10.2. The molecule has 0 aliphatic rings. The summed E-state index contributed by atoms with van der Waals surface area (Å²) in [5.41, 5.74) is 0.871. The highest BCUT2D eigenvalue weighted by Gasteiger charge is 2.21. The van der Waals surface area contributed by atoms with Gasteiger partial charge in [-0.3, -0.25) is 4.79 Å². The van der Waals surface area contributed by atoms with Gasteiger partial charge < -0.3 is 18.6 Å². The number of hydrogen-bond donors (Lipinski definition) is 1. The van der Waals surface area contributed by atoms with Crippen LogP contribution in [0.15, 0.2) is 79.5 Å². The van der Waals surface area contributed by atoms with E-state index in [0.29, 0.717) is 35.6 Å². The number of carbonyl (C=O) groups is 1. The van der Waals surface area contributed by atoms with E-state index < -0.39 is 0 Å². The van der Waals surface area contributed by atoms with Crippen molar-refractivity contribution >= 4 is 17.7 Å². The fourth-order valence-electron chi connectivity index (χ4n) is 2.90. The summed E-state index contributed by atoms with van der Waals surface area (Å²) in [5.74, 6) is 1.26. The molecule has 7 nitrogen and oxygen atoms in total. The standard InChI is InChI=1S/C21H18FN3O4S/c22-15-7-5-14(6-8-15)17(18-4-2-10-28-18)11-20-24-25-21(29-20)30-13-19(26)23-12-16-3-1-9-27-16/h1-10,17H,11-13H2,(H,23,26). The predicted octanol–water partition coefficient (Wildman–Crippen LogP) is 4.18. The van der Waals surface area contributed by atoms with Gasteiger partial charge in [0.1, 0.15) is 17.3 Å². The Kier molecular flexibility index (Phi) is 6.29. The molecule has 154 valence electrons. The topological polar surface area (TPSA) is 94.3 Å². The molecule has 1 amide bonds. The molecule has 1 atom stereocenters. The van der Waals surface area contributed by atoms with Gasteiger partial charge in [0, 0.05) is 6.42 Å². The largest absolute Gasteiger partial charge is 0.469 e. The normalized spacial score (nSPS) is 12.0. The lowest BCUT2D eigenvalue weighted by atomic mass is 9.93. The third-order valence-electron chi connectivity index (χ3n) is 4.35. The Bertz CT molecular complexity index is 1060. The molecule has 30 heavy (non-hydrogen) atoms. The molecular formula is C21H18FN3O4S. The smallest absolute Gasteiger partial charge is 0.277 e. The number of halogens is 1. The number of amides is 1. The maximum Gasteiger partial charge on any atom is 0.277 e. The fourth-order valence-corrected chi connectivity index (χ4v) is 3.51. The summed E-state index contributed by atoms with van der Waals surface area (Å²) in [6.07, 6.45) is 3.53. The zero-order valence-electron chi connectivity index (χ0n) is 15.8. The minimum atomic E-state index is -0.307. The van der Waals surface area contributed by atoms with Crippen LogP contribution in [0.4, 0.5) is 4.39 Å². The molecule has 0 saturated carbocycles. The van der Waals surface area contributed by atoms with Crippen molar-refractivity contribution in [3.63, 3.8) is 0 Å². The Morgan fingerprint density at radius 2 is 1.87 bits per heavy atom. The summed E-state index contributed by atoms with van der Waals surface area (Å²) < 4.78 is 29.7. The van der Waals surface area contributed by atoms with Gasteiger partial charge in [0.2, 0.25) is 11.8 Å². The van der Waals surface area contributed by atoms with Gasteiger partial charge in [0.05, 0.1) is 30.7 Å². The number of nitrogens with zero attached hydrogens (tertiary/aromatic N) is 2. The van der Waals surface area contributed by atoms with Gasteiger partial charge in [-0.1, -0.05) is 23.9 Å². The Balaban J connectivity index is 1.36. The number of furan rings is 2. The summed E-state index contributed by atoms with van der Waals surface area (Å²) in [7, 11) is 0. The van der Waals surface area contributed by atoms with Gasteiger partial charge >= 0.3 is 0 Å². The van der Waals surface area contributed by atoms with E-state index in [1.165, 1.54) is 12.1 Å². The monoisotopic (exact) mass is 427 g/mol. The van der Waals surface area contributed by atoms with Crippen LogP contribution >= 0.6 is 11.8 Å². The molecule has 0 bridgehead atoms. The van der Waals surface area contributed by atoms with Crippen molar-refractivity contribution in [3.8, 4) is 0 Å². The third-order valence-corrected chi connectivity index (χ3v) is 5.17. The van der Waals surface area contributed by atoms with E-state index in [0.717, 1.165) is 17.3 Å². The number of thioether (sulfide) groups is 1. The molecule has 0 saturated heterocycles. The van der Waals surface area contributed by atoms with E-state index in [-0.39, 0.29) is 23.4 Å². The minimum absolute atomic E-state index is 0.141. The highest BCUT2D eigenvalue weighted by molar-refractivity contribution is 7.99. The van der Waals surface area contributed by atoms with Gasteiger partial charge in [-0.2, -0.15) is 0 Å². The molecule has 4 rings (SSSR count). The lowest BCUT2D eigenvalue weighted by Gasteiger charge is -2.13. The molecule has 9 heteroatoms. The molecule has 3 aromatic heterocycles. The van der Waals surface area contributed by atoms with Gasteiger partial charge in [-0.15, -0.1) is 10.2 Å². The van der Waals surface area contributed by atoms with Crippen LogP contribution in [0.1, 0.15) is 28.9 Å². The Morgan fingerprint density at radius 3 is 2.60 bits per heavy atom. The quantitative estimate of drug-likeness (QED) is 0.401. The summed E-state index contributed by atoms with van der Waals surface area (Å²) in [6.45, 7) is 0.323. The number of hydrogen-bond acceptors (Lipinski definition) is 7. The van der Waals surface area contributed by atoms with Gasteiger partial charge in [-0.25, -0.2) is 4.39 Å². The fraction of sp³-hybridized carbons (Fsp3) is 0.190. The van der Waals surface area contributed by atoms with Crippen LogP contribution < -0.4 is 5.32 Å². The predicted molar refractivity (Wildman–Crippen MR) is 106 cm³/mol. The first-order valence-electron chi connectivity index (χ1n) is 9.20. The highest BCUT2D eigenvalue weighted by Crippen LogP contribution is 2.29. The van der Waals surface area contributed by atoms with Crippen molar-refractivity contribution in [1.29, 1.82) is 0 Å². The molecule has 1 aromatic carbocycles. The number of nitrogens with one attached hydrogen (secondary N) is 1. The van der Waals surface area contributed by atoms with Crippen molar-refractivity contribution < 1.29 is 22.4 Å². The zero-order chi connectivity index (χ0) is 20.8. The lowest BCUT2D eigenvalue weighted by molar-refractivity contribution is -0.118. The van der Waals surface area contributed by atoms with Gasteiger partial charge in [0.25, 0.3) is 5.22 Å². The summed E-state index contributed by atoms with van der Waals surface area (Å²) in [4.78, 5) is 12.0. The van der Waals surface area contributed by atoms with Crippen LogP contribution in [0, 0.1) is 5.82 Å². The van der Waals surface area contributed by atoms with Crippen molar-refractivity contribution in [2.45, 2.75) is 24.1 Å². The zero-order valence-corrected chi connectivity index (χ0v) is 16.6. The number of aromatic nitrogens is 2. The Hall–Kier alpha value is -3.33. The molecule has 0 fully saturated rings. The van der Waals surface area contributed by atoms with Crippen LogP contribution in [0.3, 0.4) is 0 Å². The summed E-state index contributed by atoms with van der Waals surface area (Å²) >= 11 is 1.15. The van der Waals surface area contributed by atoms with Crippen molar-refractivity contribution in [1.82, 2.24) is 15.5 Å². The molecule has 3 heterocycles. The molecule has 0 radical (unpaired) electrons. The van der Waals surface area contributed by atoms with Crippen molar-refractivity contribution in [2.75, 3.05) is 5.75 Å². The van der Waals surface area contributed by atoms with Crippen LogP contribution in [0.5, 0.6) is 0 Å². The molecule has 0 aliphatic heterocycles. The van der Waals surface area contributed by atoms with Crippen molar-refractivity contribution in [2.24, 2.45) is 0 Å². The van der Waals surface area contributed by atoms with Gasteiger partial charge in [0.15, 0.2) is 0 Å². The number of benzene rings is 1. The second kappa shape index (κ2) is 9.45. The van der Waals surface area contributed by atoms with E-state index in [2.05, 4.69) is 15.5 Å². The first kappa shape index (κ1) is 20.0. The van der Waals surface area contributed by atoms with E-state index in [1.807, 2.05) is 6.07 Å². The van der Waals surface area contributed by atoms with E-state index in [1.54, 1.807) is 42.9 Å². The second-order valence-corrected chi connectivity index (χ2v) is 7.36. The maximum atomic E-state index is 13.3. The SMILES string of the molecule is O=C(CSc1nnc(CC(c2ccc(F)cc2)c2ccco2)o1)NCc1ccco1. The first-order chi connectivity index (χ1) is 14.7. The van der Waals surface area contributed by atoms with Crippen molar-refractivity contribution in [3.05, 3.63) is 89.8 Å². The maximum absolute atomic E-state index is 13.3. The molecule has 1 N–H and O–H groups in total. The van der Waals surface area contributed by atoms with E-state index in [4.69, 9.17) is 13.3 Å². The average Bonchev–Trinajstić information content (AvgIpc) is 3.53. The second-order valence-electron chi connectivity index (χ2n) is 6.43. The molecule has 1 unspecified atom stereocenters. The van der Waals surface area contributed by atoms with Crippen LogP contribution in [-0.2, 0) is 17.8 Å². The minimum Gasteiger partial charge on any atom is -0.469 e. The van der Waals surface area contributed by atoms with Crippen LogP contribution in [0.2, 0.25) is 0 Å². The van der Waals surface area contributed by atoms with E-state index >= 15 is 0 Å². The average molecular weight is 427 g/mol. The number of rotatable bonds is 9. The molecule has 0 spiro atoms. The number of carbonyl (C=O) groups excluding carboxylic acids is 1. The third kappa shape index (κ3) is 5.18. The van der Waals surface area contributed by atoms with Gasteiger partial charge in [-0.05, 0) is 42.0 Å². The van der Waals surface area contributed by atoms with Crippen LogP contribution in [-0.4, -0.2) is 21.9 Å². The Morgan fingerprint density at radius 1 is 1.07 bits per heavy atom. The Labute approximate surface area is 175 Å².